The van der Waals surface area contributed by atoms with Crippen molar-refractivity contribution in [2.45, 2.75) is 60.3 Å². The second kappa shape index (κ2) is 15.3. The SMILES string of the molecule is CCN(CC)C(=O)c1cccc(-c2cccc(COc3cc(OCc4cncc(C#N)c4)c(CN4CCCC4)cc3Cl)c2C)c1C. The van der Waals surface area contributed by atoms with Crippen LogP contribution in [0.2, 0.25) is 5.02 Å². The van der Waals surface area contributed by atoms with E-state index in [4.69, 9.17) is 21.1 Å². The number of ether oxygens (including phenoxy) is 2. The molecule has 8 heteroatoms. The van der Waals surface area contributed by atoms with Gasteiger partial charge in [0.1, 0.15) is 30.8 Å². The van der Waals surface area contributed by atoms with E-state index < -0.39 is 0 Å². The first kappa shape index (κ1) is 33.0. The summed E-state index contributed by atoms with van der Waals surface area (Å²) in [5.74, 6) is 1.29. The molecule has 1 aromatic heterocycles. The predicted molar refractivity (Wildman–Crippen MR) is 182 cm³/mol. The number of halogens is 1. The third kappa shape index (κ3) is 7.52. The molecule has 1 amide bonds. The zero-order chi connectivity index (χ0) is 32.6. The van der Waals surface area contributed by atoms with Crippen molar-refractivity contribution in [2.24, 2.45) is 0 Å². The Labute approximate surface area is 277 Å². The zero-order valence-electron chi connectivity index (χ0n) is 27.1. The highest BCUT2D eigenvalue weighted by Crippen LogP contribution is 2.36. The average molecular weight is 637 g/mol. The van der Waals surface area contributed by atoms with Crippen molar-refractivity contribution in [3.8, 4) is 28.7 Å². The summed E-state index contributed by atoms with van der Waals surface area (Å²) in [4.78, 5) is 21.6. The maximum atomic E-state index is 13.2. The van der Waals surface area contributed by atoms with E-state index in [1.165, 1.54) is 19.0 Å². The van der Waals surface area contributed by atoms with Gasteiger partial charge in [0.25, 0.3) is 5.91 Å². The minimum Gasteiger partial charge on any atom is -0.488 e. The summed E-state index contributed by atoms with van der Waals surface area (Å²) in [6.45, 7) is 12.9. The largest absolute Gasteiger partial charge is 0.488 e. The first-order valence-electron chi connectivity index (χ1n) is 15.9. The molecule has 7 nitrogen and oxygen atoms in total. The van der Waals surface area contributed by atoms with Gasteiger partial charge >= 0.3 is 0 Å². The average Bonchev–Trinajstić information content (AvgIpc) is 3.58. The number of aromatic nitrogens is 1. The lowest BCUT2D eigenvalue weighted by Gasteiger charge is -2.22. The Kier molecular flexibility index (Phi) is 11.0. The monoisotopic (exact) mass is 636 g/mol. The van der Waals surface area contributed by atoms with Crippen LogP contribution in [-0.4, -0.2) is 46.9 Å². The number of carbonyl (C=O) groups is 1. The van der Waals surface area contributed by atoms with Crippen molar-refractivity contribution < 1.29 is 14.3 Å². The van der Waals surface area contributed by atoms with Crippen molar-refractivity contribution >= 4 is 17.5 Å². The highest BCUT2D eigenvalue weighted by molar-refractivity contribution is 6.32. The smallest absolute Gasteiger partial charge is 0.254 e. The fourth-order valence-electron chi connectivity index (χ4n) is 6.04. The number of likely N-dealkylation sites (tertiary alicyclic amines) is 1. The molecule has 5 rings (SSSR count). The van der Waals surface area contributed by atoms with E-state index >= 15 is 0 Å². The Morgan fingerprint density at radius 1 is 0.913 bits per heavy atom. The number of pyridine rings is 1. The van der Waals surface area contributed by atoms with Gasteiger partial charge in [0, 0.05) is 54.8 Å². The Hall–Kier alpha value is -4.38. The molecule has 238 valence electrons. The van der Waals surface area contributed by atoms with Gasteiger partial charge in [-0.15, -0.1) is 0 Å². The Morgan fingerprint density at radius 2 is 1.61 bits per heavy atom. The normalized spacial score (nSPS) is 13.0. The van der Waals surface area contributed by atoms with Crippen LogP contribution in [0.3, 0.4) is 0 Å². The number of hydrogen-bond acceptors (Lipinski definition) is 6. The molecule has 0 atom stereocenters. The molecule has 2 heterocycles. The van der Waals surface area contributed by atoms with Crippen molar-refractivity contribution in [2.75, 3.05) is 26.2 Å². The zero-order valence-corrected chi connectivity index (χ0v) is 27.9. The van der Waals surface area contributed by atoms with Crippen molar-refractivity contribution in [3.05, 3.63) is 111 Å². The molecule has 3 aromatic carbocycles. The highest BCUT2D eigenvalue weighted by Gasteiger charge is 2.20. The third-order valence-electron chi connectivity index (χ3n) is 8.76. The van der Waals surface area contributed by atoms with Crippen molar-refractivity contribution in [3.63, 3.8) is 0 Å². The predicted octanol–water partition coefficient (Wildman–Crippen LogP) is 8.13. The summed E-state index contributed by atoms with van der Waals surface area (Å²) in [6, 6.07) is 19.9. The van der Waals surface area contributed by atoms with Crippen LogP contribution in [-0.2, 0) is 19.8 Å². The number of amides is 1. The van der Waals surface area contributed by atoms with E-state index in [1.54, 1.807) is 12.3 Å². The Morgan fingerprint density at radius 3 is 2.33 bits per heavy atom. The van der Waals surface area contributed by atoms with Gasteiger partial charge in [0.05, 0.1) is 10.6 Å². The molecule has 0 bridgehead atoms. The van der Waals surface area contributed by atoms with Crippen LogP contribution < -0.4 is 9.47 Å². The summed E-state index contributed by atoms with van der Waals surface area (Å²) in [7, 11) is 0. The number of hydrogen-bond donors (Lipinski definition) is 0. The minimum absolute atomic E-state index is 0.0522. The van der Waals surface area contributed by atoms with E-state index in [9.17, 15) is 10.1 Å². The van der Waals surface area contributed by atoms with Gasteiger partial charge in [-0.3, -0.25) is 14.7 Å². The molecule has 4 aromatic rings. The molecular weight excluding hydrogens is 596 g/mol. The number of nitrogens with zero attached hydrogens (tertiary/aromatic N) is 4. The lowest BCUT2D eigenvalue weighted by atomic mass is 9.91. The number of rotatable bonds is 12. The van der Waals surface area contributed by atoms with Gasteiger partial charge in [0.2, 0.25) is 0 Å². The molecule has 1 fully saturated rings. The fraction of sp³-hybridized carbons (Fsp3) is 0.342. The van der Waals surface area contributed by atoms with Crippen molar-refractivity contribution in [1.29, 1.82) is 5.26 Å². The molecule has 0 radical (unpaired) electrons. The first-order chi connectivity index (χ1) is 22.3. The maximum Gasteiger partial charge on any atom is 0.254 e. The van der Waals surface area contributed by atoms with Crippen LogP contribution in [0.5, 0.6) is 11.5 Å². The van der Waals surface area contributed by atoms with Crippen LogP contribution in [0, 0.1) is 25.2 Å². The Bertz CT molecular complexity index is 1740. The summed E-state index contributed by atoms with van der Waals surface area (Å²) < 4.78 is 12.7. The highest BCUT2D eigenvalue weighted by atomic mass is 35.5. The molecule has 0 unspecified atom stereocenters. The number of nitriles is 1. The minimum atomic E-state index is 0.0522. The van der Waals surface area contributed by atoms with E-state index in [0.717, 1.165) is 64.1 Å². The second-order valence-electron chi connectivity index (χ2n) is 11.7. The number of carbonyl (C=O) groups excluding carboxylic acids is 1. The molecule has 1 aliphatic heterocycles. The van der Waals surface area contributed by atoms with Gasteiger partial charge in [0.15, 0.2) is 0 Å². The Balaban J connectivity index is 1.39. The molecule has 0 aliphatic carbocycles. The van der Waals surface area contributed by atoms with E-state index in [-0.39, 0.29) is 12.5 Å². The van der Waals surface area contributed by atoms with E-state index in [2.05, 4.69) is 41.1 Å². The molecule has 1 saturated heterocycles. The van der Waals surface area contributed by atoms with Crippen LogP contribution in [0.1, 0.15) is 70.4 Å². The maximum absolute atomic E-state index is 13.2. The fourth-order valence-corrected chi connectivity index (χ4v) is 6.28. The molecule has 0 saturated carbocycles. The molecule has 1 aliphatic rings. The molecule has 0 N–H and O–H groups in total. The van der Waals surface area contributed by atoms with Gasteiger partial charge in [-0.1, -0.05) is 41.9 Å². The van der Waals surface area contributed by atoms with Crippen molar-refractivity contribution in [1.82, 2.24) is 14.8 Å². The van der Waals surface area contributed by atoms with E-state index in [1.807, 2.05) is 56.0 Å². The standard InChI is InChI=1S/C38H41ClN4O3/c1-5-43(6-2)38(44)34-14-10-13-33(27(34)4)32-12-9-11-30(26(32)3)25-46-37-19-36(45-24-29-17-28(20-40)21-41-22-29)31(18-35(37)39)23-42-15-7-8-16-42/h9-14,17-19,21-22H,5-8,15-16,23-25H2,1-4H3. The van der Waals surface area contributed by atoms with Crippen LogP contribution in [0.25, 0.3) is 11.1 Å². The first-order valence-corrected chi connectivity index (χ1v) is 16.3. The summed E-state index contributed by atoms with van der Waals surface area (Å²) >= 11 is 6.81. The molecule has 46 heavy (non-hydrogen) atoms. The van der Waals surface area contributed by atoms with Crippen LogP contribution in [0.4, 0.5) is 0 Å². The van der Waals surface area contributed by atoms with Crippen LogP contribution >= 0.6 is 11.6 Å². The van der Waals surface area contributed by atoms with Gasteiger partial charge in [-0.05, 0) is 99.6 Å². The third-order valence-corrected chi connectivity index (χ3v) is 9.06. The van der Waals surface area contributed by atoms with E-state index in [0.29, 0.717) is 41.8 Å². The summed E-state index contributed by atoms with van der Waals surface area (Å²) in [5.41, 5.74) is 8.21. The summed E-state index contributed by atoms with van der Waals surface area (Å²) in [5, 5.41) is 9.81. The summed E-state index contributed by atoms with van der Waals surface area (Å²) in [6.07, 6.45) is 5.62. The molecule has 0 spiro atoms. The van der Waals surface area contributed by atoms with Gasteiger partial charge in [-0.25, -0.2) is 0 Å². The van der Waals surface area contributed by atoms with Gasteiger partial charge < -0.3 is 14.4 Å². The molecular formula is C38H41ClN4O3. The van der Waals surface area contributed by atoms with Crippen LogP contribution in [0.15, 0.2) is 67.0 Å². The topological polar surface area (TPSA) is 78.7 Å². The quantitative estimate of drug-likeness (QED) is 0.156. The van der Waals surface area contributed by atoms with Gasteiger partial charge in [-0.2, -0.15) is 5.26 Å². The number of benzene rings is 3. The lowest BCUT2D eigenvalue weighted by Crippen LogP contribution is -2.31. The second-order valence-corrected chi connectivity index (χ2v) is 12.1. The lowest BCUT2D eigenvalue weighted by molar-refractivity contribution is 0.0772.